The lowest BCUT2D eigenvalue weighted by Crippen LogP contribution is -2.61. The molecule has 258 valence electrons. The van der Waals surface area contributed by atoms with Crippen LogP contribution in [0.2, 0.25) is 15.1 Å². The fourth-order valence-corrected chi connectivity index (χ4v) is 9.87. The summed E-state index contributed by atoms with van der Waals surface area (Å²) in [5.74, 6) is 1.44. The number of benzene rings is 3. The molecule has 3 atom stereocenters. The lowest BCUT2D eigenvalue weighted by atomic mass is 9.72. The molecule has 6 rings (SSSR count). The van der Waals surface area contributed by atoms with E-state index in [2.05, 4.69) is 10.6 Å². The molecule has 1 amide bonds. The highest BCUT2D eigenvalue weighted by atomic mass is 35.5. The molecule has 2 N–H and O–H groups in total. The first-order chi connectivity index (χ1) is 22.7. The number of carbonyl (C=O) groups excluding carboxylic acids is 1. The van der Waals surface area contributed by atoms with Crippen LogP contribution in [-0.2, 0) is 31.4 Å². The van der Waals surface area contributed by atoms with Crippen LogP contribution in [0.1, 0.15) is 76.0 Å². The first-order valence-electron chi connectivity index (χ1n) is 16.8. The second-order valence-corrected chi connectivity index (χ2v) is 17.2. The average molecular weight is 733 g/mol. The third-order valence-corrected chi connectivity index (χ3v) is 13.1. The van der Waals surface area contributed by atoms with Crippen molar-refractivity contribution in [2.45, 2.75) is 80.9 Å². The Hall–Kier alpha value is -2.33. The quantitative estimate of drug-likeness (QED) is 0.244. The number of sulfone groups is 1. The molecule has 1 saturated carbocycles. The van der Waals surface area contributed by atoms with Gasteiger partial charge < -0.3 is 9.64 Å². The fourth-order valence-electron chi connectivity index (χ4n) is 8.30. The van der Waals surface area contributed by atoms with Gasteiger partial charge in [-0.25, -0.2) is 8.42 Å². The molecule has 2 saturated heterocycles. The van der Waals surface area contributed by atoms with E-state index in [-0.39, 0.29) is 22.4 Å². The molecule has 2 aliphatic heterocycles. The van der Waals surface area contributed by atoms with Gasteiger partial charge in [-0.05, 0) is 86.9 Å². The zero-order chi connectivity index (χ0) is 34.5. The van der Waals surface area contributed by atoms with E-state index in [4.69, 9.17) is 39.5 Å². The highest BCUT2D eigenvalue weighted by molar-refractivity contribution is 7.90. The Morgan fingerprint density at radius 1 is 0.833 bits per heavy atom. The zero-order valence-electron chi connectivity index (χ0n) is 27.9. The van der Waals surface area contributed by atoms with E-state index in [1.807, 2.05) is 74.2 Å². The summed E-state index contributed by atoms with van der Waals surface area (Å²) < 4.78 is 32.4. The molecule has 3 fully saturated rings. The van der Waals surface area contributed by atoms with Gasteiger partial charge in [0.2, 0.25) is 0 Å². The van der Waals surface area contributed by atoms with Crippen LogP contribution >= 0.6 is 34.8 Å². The second kappa shape index (κ2) is 13.4. The predicted octanol–water partition coefficient (Wildman–Crippen LogP) is 8.05. The van der Waals surface area contributed by atoms with Gasteiger partial charge >= 0.3 is 0 Å². The third kappa shape index (κ3) is 6.26. The molecule has 3 aliphatic rings. The summed E-state index contributed by atoms with van der Waals surface area (Å²) in [7, 11) is -3.78. The number of hydrogen-bond acceptors (Lipinski definition) is 6. The molecule has 2 heterocycles. The summed E-state index contributed by atoms with van der Waals surface area (Å²) in [5.41, 5.74) is -1.41. The van der Waals surface area contributed by atoms with Crippen molar-refractivity contribution in [3.8, 4) is 5.75 Å². The number of rotatable bonds is 8. The van der Waals surface area contributed by atoms with Crippen molar-refractivity contribution in [1.82, 2.24) is 15.5 Å². The van der Waals surface area contributed by atoms with Crippen LogP contribution in [0.15, 0.2) is 65.6 Å². The van der Waals surface area contributed by atoms with Crippen molar-refractivity contribution in [1.29, 1.82) is 0 Å². The smallest absolute Gasteiger partial charge is 0.262 e. The SMILES string of the molecule is CCOc1cc(Cl)c(S(C)(=O)=O)cc1C1(C(=O)N2CCC(C3CCCC3)CC2)N[C@@](C)(c2ccc(Cl)cc2)[C@@](C)(c2ccc(Cl)cc2)N1. The minimum absolute atomic E-state index is 0.0311. The highest BCUT2D eigenvalue weighted by Crippen LogP contribution is 2.52. The minimum Gasteiger partial charge on any atom is -0.493 e. The number of nitrogens with one attached hydrogen (secondary N) is 2. The summed E-state index contributed by atoms with van der Waals surface area (Å²) in [6.07, 6.45) is 8.08. The lowest BCUT2D eigenvalue weighted by Gasteiger charge is -2.41. The number of carbonyl (C=O) groups is 1. The molecular weight excluding hydrogens is 689 g/mol. The van der Waals surface area contributed by atoms with Crippen molar-refractivity contribution >= 4 is 50.5 Å². The van der Waals surface area contributed by atoms with Gasteiger partial charge in [-0.1, -0.05) is 84.8 Å². The molecule has 11 heteroatoms. The van der Waals surface area contributed by atoms with Crippen LogP contribution in [0.5, 0.6) is 5.75 Å². The topological polar surface area (TPSA) is 87.7 Å². The number of amides is 1. The van der Waals surface area contributed by atoms with Gasteiger partial charge in [-0.3, -0.25) is 15.4 Å². The maximum Gasteiger partial charge on any atom is 0.262 e. The van der Waals surface area contributed by atoms with Crippen LogP contribution in [0.4, 0.5) is 0 Å². The monoisotopic (exact) mass is 731 g/mol. The molecule has 0 bridgehead atoms. The summed E-state index contributed by atoms with van der Waals surface area (Å²) in [6, 6.07) is 18.1. The summed E-state index contributed by atoms with van der Waals surface area (Å²) in [4.78, 5) is 17.3. The maximum absolute atomic E-state index is 15.4. The Morgan fingerprint density at radius 2 is 1.31 bits per heavy atom. The minimum atomic E-state index is -3.78. The van der Waals surface area contributed by atoms with Gasteiger partial charge in [0.1, 0.15) is 5.75 Å². The highest BCUT2D eigenvalue weighted by Gasteiger charge is 2.65. The Morgan fingerprint density at radius 3 is 1.77 bits per heavy atom. The largest absolute Gasteiger partial charge is 0.493 e. The Kier molecular flexibility index (Phi) is 9.92. The van der Waals surface area contributed by atoms with Crippen molar-refractivity contribution in [3.05, 3.63) is 92.4 Å². The number of halogens is 3. The Balaban J connectivity index is 1.57. The standard InChI is InChI=1S/C37H44Cl3N3O4S/c1-5-47-32-23-31(40)33(48(4,45)46)22-30(32)37(34(44)43-20-18-25(19-21-43)24-8-6-7-9-24)41-35(2,26-10-14-28(38)15-11-26)36(3,42-37)27-12-16-29(39)17-13-27/h10-17,22-25,41-42H,5-9,18-21H2,1-4H3/t35-,36+,37?. The maximum atomic E-state index is 15.4. The van der Waals surface area contributed by atoms with E-state index in [0.717, 1.165) is 36.1 Å². The second-order valence-electron chi connectivity index (χ2n) is 13.9. The third-order valence-electron chi connectivity index (χ3n) is 11.1. The average Bonchev–Trinajstić information content (AvgIpc) is 3.67. The first-order valence-corrected chi connectivity index (χ1v) is 19.8. The van der Waals surface area contributed by atoms with E-state index in [1.54, 1.807) is 0 Å². The number of ether oxygens (including phenoxy) is 1. The van der Waals surface area contributed by atoms with E-state index in [9.17, 15) is 8.42 Å². The number of likely N-dealkylation sites (tertiary alicyclic amines) is 1. The molecule has 3 aromatic rings. The van der Waals surface area contributed by atoms with Gasteiger partial charge in [-0.2, -0.15) is 0 Å². The van der Waals surface area contributed by atoms with Crippen molar-refractivity contribution in [2.75, 3.05) is 26.0 Å². The van der Waals surface area contributed by atoms with E-state index in [0.29, 0.717) is 40.4 Å². The van der Waals surface area contributed by atoms with Crippen LogP contribution in [-0.4, -0.2) is 45.2 Å². The summed E-state index contributed by atoms with van der Waals surface area (Å²) in [6.45, 7) is 7.44. The van der Waals surface area contributed by atoms with E-state index >= 15 is 4.79 Å². The molecule has 0 spiro atoms. The molecule has 1 unspecified atom stereocenters. The van der Waals surface area contributed by atoms with Gasteiger partial charge in [-0.15, -0.1) is 0 Å². The van der Waals surface area contributed by atoms with Crippen LogP contribution < -0.4 is 15.4 Å². The van der Waals surface area contributed by atoms with Gasteiger partial charge in [0, 0.05) is 41.0 Å². The number of piperidine rings is 1. The molecule has 0 aromatic heterocycles. The van der Waals surface area contributed by atoms with Gasteiger partial charge in [0.25, 0.3) is 5.91 Å². The predicted molar refractivity (Wildman–Crippen MR) is 193 cm³/mol. The Labute approximate surface area is 299 Å². The normalized spacial score (nSPS) is 27.0. The molecular formula is C37H44Cl3N3O4S. The molecule has 3 aromatic carbocycles. The van der Waals surface area contributed by atoms with Gasteiger partial charge in [0.15, 0.2) is 15.5 Å². The van der Waals surface area contributed by atoms with Crippen molar-refractivity contribution in [3.63, 3.8) is 0 Å². The summed E-state index contributed by atoms with van der Waals surface area (Å²) in [5, 5.41) is 8.80. The van der Waals surface area contributed by atoms with E-state index in [1.165, 1.54) is 37.8 Å². The molecule has 7 nitrogen and oxygen atoms in total. The zero-order valence-corrected chi connectivity index (χ0v) is 31.0. The van der Waals surface area contributed by atoms with Gasteiger partial charge in [0.05, 0.1) is 27.6 Å². The first kappa shape index (κ1) is 35.5. The van der Waals surface area contributed by atoms with Crippen LogP contribution in [0.3, 0.4) is 0 Å². The molecule has 0 radical (unpaired) electrons. The molecule has 1 aliphatic carbocycles. The fraction of sp³-hybridized carbons (Fsp3) is 0.486. The lowest BCUT2D eigenvalue weighted by molar-refractivity contribution is -0.141. The van der Waals surface area contributed by atoms with E-state index < -0.39 is 26.6 Å². The number of hydrogen-bond donors (Lipinski definition) is 2. The van der Waals surface area contributed by atoms with Crippen LogP contribution in [0.25, 0.3) is 0 Å². The number of nitrogens with zero attached hydrogens (tertiary/aromatic N) is 1. The van der Waals surface area contributed by atoms with Crippen molar-refractivity contribution in [2.24, 2.45) is 11.8 Å². The Bertz CT molecular complexity index is 1710. The molecule has 48 heavy (non-hydrogen) atoms. The summed E-state index contributed by atoms with van der Waals surface area (Å²) >= 11 is 19.3. The van der Waals surface area contributed by atoms with Crippen molar-refractivity contribution < 1.29 is 17.9 Å². The van der Waals surface area contributed by atoms with Crippen LogP contribution in [0, 0.1) is 11.8 Å².